The Bertz CT molecular complexity index is 1110. The summed E-state index contributed by atoms with van der Waals surface area (Å²) in [6, 6.07) is 10.3. The van der Waals surface area contributed by atoms with Crippen LogP contribution >= 0.6 is 23.4 Å². The van der Waals surface area contributed by atoms with Crippen LogP contribution in [-0.2, 0) is 15.6 Å². The van der Waals surface area contributed by atoms with E-state index in [0.29, 0.717) is 9.93 Å². The molecule has 5 heteroatoms. The molecule has 2 aromatic rings. The molecule has 0 unspecified atom stereocenters. The van der Waals surface area contributed by atoms with Crippen LogP contribution in [0.3, 0.4) is 0 Å². The fraction of sp³-hybridized carbons (Fsp3) is 0.360. The minimum absolute atomic E-state index is 0.0841. The van der Waals surface area contributed by atoms with E-state index >= 15 is 0 Å². The highest BCUT2D eigenvalue weighted by Gasteiger charge is 2.37. The van der Waals surface area contributed by atoms with E-state index < -0.39 is 0 Å². The third kappa shape index (κ3) is 3.61. The molecule has 4 rings (SSSR count). The summed E-state index contributed by atoms with van der Waals surface area (Å²) >= 11 is 7.62. The van der Waals surface area contributed by atoms with Crippen molar-refractivity contribution in [1.29, 1.82) is 0 Å². The van der Waals surface area contributed by atoms with Gasteiger partial charge in [0.1, 0.15) is 0 Å². The lowest BCUT2D eigenvalue weighted by Crippen LogP contribution is -2.34. The van der Waals surface area contributed by atoms with Crippen molar-refractivity contribution in [2.45, 2.75) is 58.3 Å². The molecule has 2 amide bonds. The van der Waals surface area contributed by atoms with Crippen molar-refractivity contribution >= 4 is 40.6 Å². The van der Waals surface area contributed by atoms with Gasteiger partial charge < -0.3 is 0 Å². The molecule has 0 spiro atoms. The van der Waals surface area contributed by atoms with Gasteiger partial charge in [0.2, 0.25) is 0 Å². The highest BCUT2D eigenvalue weighted by atomic mass is 35.5. The van der Waals surface area contributed by atoms with E-state index in [1.807, 2.05) is 18.2 Å². The summed E-state index contributed by atoms with van der Waals surface area (Å²) in [6.07, 6.45) is 4.06. The maximum atomic E-state index is 12.1. The topological polar surface area (TPSA) is 46.2 Å². The van der Waals surface area contributed by atoms with Crippen molar-refractivity contribution in [2.24, 2.45) is 0 Å². The minimum atomic E-state index is -0.360. The number of nitrogens with one attached hydrogen (secondary N) is 1. The first-order valence-corrected chi connectivity index (χ1v) is 11.4. The van der Waals surface area contributed by atoms with Crippen LogP contribution in [0, 0.1) is 6.92 Å². The number of rotatable bonds is 2. The number of aryl methyl sites for hydroxylation is 1. The average molecular weight is 440 g/mol. The summed E-state index contributed by atoms with van der Waals surface area (Å²) < 4.78 is 0. The number of carbonyl (C=O) groups is 2. The van der Waals surface area contributed by atoms with Crippen LogP contribution in [-0.4, -0.2) is 11.1 Å². The largest absolute Gasteiger partial charge is 0.290 e. The lowest BCUT2D eigenvalue weighted by molar-refractivity contribution is -0.115. The average Bonchev–Trinajstić information content (AvgIpc) is 2.97. The molecular weight excluding hydrogens is 414 g/mol. The Kier molecular flexibility index (Phi) is 5.14. The van der Waals surface area contributed by atoms with Crippen molar-refractivity contribution in [3.05, 3.63) is 62.5 Å². The van der Waals surface area contributed by atoms with Gasteiger partial charge in [-0.15, -0.1) is 0 Å². The lowest BCUT2D eigenvalue weighted by Gasteiger charge is -2.42. The molecule has 1 heterocycles. The predicted molar refractivity (Wildman–Crippen MR) is 126 cm³/mol. The third-order valence-corrected chi connectivity index (χ3v) is 7.57. The van der Waals surface area contributed by atoms with Gasteiger partial charge in [0, 0.05) is 10.6 Å². The Morgan fingerprint density at radius 1 is 1.03 bits per heavy atom. The van der Waals surface area contributed by atoms with Crippen molar-refractivity contribution in [1.82, 2.24) is 5.32 Å². The number of carbonyl (C=O) groups excluding carboxylic acids is 2. The van der Waals surface area contributed by atoms with Crippen LogP contribution in [0.2, 0.25) is 5.02 Å². The monoisotopic (exact) mass is 439 g/mol. The molecule has 0 atom stereocenters. The van der Waals surface area contributed by atoms with Gasteiger partial charge >= 0.3 is 0 Å². The second kappa shape index (κ2) is 7.28. The van der Waals surface area contributed by atoms with Gasteiger partial charge in [0.25, 0.3) is 11.1 Å². The van der Waals surface area contributed by atoms with Gasteiger partial charge in [0.15, 0.2) is 0 Å². The van der Waals surface area contributed by atoms with Crippen LogP contribution in [0.1, 0.15) is 62.8 Å². The fourth-order valence-electron chi connectivity index (χ4n) is 4.50. The number of hydrogen-bond donors (Lipinski definition) is 1. The first-order chi connectivity index (χ1) is 14.0. The molecule has 1 aliphatic carbocycles. The van der Waals surface area contributed by atoms with Gasteiger partial charge in [-0.3, -0.25) is 14.9 Å². The molecule has 2 aliphatic rings. The fourth-order valence-corrected chi connectivity index (χ4v) is 5.46. The third-order valence-electron chi connectivity index (χ3n) is 6.44. The van der Waals surface area contributed by atoms with E-state index in [0.717, 1.165) is 46.9 Å². The summed E-state index contributed by atoms with van der Waals surface area (Å²) in [5.41, 5.74) is 6.96. The molecule has 0 aromatic heterocycles. The van der Waals surface area contributed by atoms with E-state index in [9.17, 15) is 9.59 Å². The second-order valence-electron chi connectivity index (χ2n) is 9.54. The van der Waals surface area contributed by atoms with E-state index in [1.54, 1.807) is 6.08 Å². The number of halogens is 1. The van der Waals surface area contributed by atoms with Crippen LogP contribution in [0.25, 0.3) is 17.2 Å². The summed E-state index contributed by atoms with van der Waals surface area (Å²) in [7, 11) is 0. The molecule has 1 aliphatic heterocycles. The lowest BCUT2D eigenvalue weighted by atomic mass is 9.62. The Morgan fingerprint density at radius 2 is 1.67 bits per heavy atom. The molecule has 1 fully saturated rings. The van der Waals surface area contributed by atoms with E-state index in [-0.39, 0.29) is 22.0 Å². The zero-order valence-electron chi connectivity index (χ0n) is 18.0. The number of imide groups is 1. The molecule has 1 N–H and O–H groups in total. The molecule has 0 bridgehead atoms. The zero-order valence-corrected chi connectivity index (χ0v) is 19.6. The predicted octanol–water partition coefficient (Wildman–Crippen LogP) is 6.99. The highest BCUT2D eigenvalue weighted by molar-refractivity contribution is 8.18. The smallest absolute Gasteiger partial charge is 0.282 e. The number of fused-ring (bicyclic) bond motifs is 1. The SMILES string of the molecule is Cc1cc2c(cc1-c1c(Cl)cccc1/C=C1/SC(=O)NC1=O)C(C)(C)CCC2(C)C. The number of hydrogen-bond acceptors (Lipinski definition) is 3. The summed E-state index contributed by atoms with van der Waals surface area (Å²) in [5.74, 6) is -0.360. The summed E-state index contributed by atoms with van der Waals surface area (Å²) in [6.45, 7) is 11.4. The quantitative estimate of drug-likeness (QED) is 0.513. The highest BCUT2D eigenvalue weighted by Crippen LogP contribution is 2.48. The minimum Gasteiger partial charge on any atom is -0.282 e. The molecular formula is C25H26ClNO2S. The Morgan fingerprint density at radius 3 is 2.27 bits per heavy atom. The second-order valence-corrected chi connectivity index (χ2v) is 11.0. The van der Waals surface area contributed by atoms with Crippen molar-refractivity contribution in [2.75, 3.05) is 0 Å². The molecule has 3 nitrogen and oxygen atoms in total. The van der Waals surface area contributed by atoms with Gasteiger partial charge in [-0.1, -0.05) is 57.5 Å². The standard InChI is InChI=1S/C25H26ClNO2S/c1-14-11-17-18(25(4,5)10-9-24(17,2)3)13-16(14)21-15(7-6-8-19(21)26)12-20-22(28)27-23(29)30-20/h6-8,11-13H,9-10H2,1-5H3,(H,27,28,29)/b20-12+. The Balaban J connectivity index is 1.94. The molecule has 0 radical (unpaired) electrons. The van der Waals surface area contributed by atoms with Crippen LogP contribution in [0.4, 0.5) is 4.79 Å². The Labute approximate surface area is 187 Å². The van der Waals surface area contributed by atoms with Crippen molar-refractivity contribution in [3.8, 4) is 11.1 Å². The first-order valence-electron chi connectivity index (χ1n) is 10.2. The van der Waals surface area contributed by atoms with Crippen LogP contribution in [0.5, 0.6) is 0 Å². The zero-order chi connectivity index (χ0) is 21.8. The van der Waals surface area contributed by atoms with Crippen molar-refractivity contribution < 1.29 is 9.59 Å². The normalized spacial score (nSPS) is 20.9. The number of thioether (sulfide) groups is 1. The van der Waals surface area contributed by atoms with Crippen LogP contribution in [0.15, 0.2) is 35.2 Å². The van der Waals surface area contributed by atoms with E-state index in [1.165, 1.54) is 11.1 Å². The summed E-state index contributed by atoms with van der Waals surface area (Å²) in [4.78, 5) is 24.1. The molecule has 1 saturated heterocycles. The molecule has 156 valence electrons. The Hall–Kier alpha value is -2.04. The molecule has 30 heavy (non-hydrogen) atoms. The van der Waals surface area contributed by atoms with Gasteiger partial charge in [-0.25, -0.2) is 0 Å². The molecule has 0 saturated carbocycles. The number of amides is 2. The van der Waals surface area contributed by atoms with Crippen molar-refractivity contribution in [3.63, 3.8) is 0 Å². The van der Waals surface area contributed by atoms with Gasteiger partial charge in [0.05, 0.1) is 4.91 Å². The van der Waals surface area contributed by atoms with E-state index in [4.69, 9.17) is 11.6 Å². The maximum Gasteiger partial charge on any atom is 0.290 e. The number of benzene rings is 2. The van der Waals surface area contributed by atoms with Crippen LogP contribution < -0.4 is 5.32 Å². The van der Waals surface area contributed by atoms with Gasteiger partial charge in [-0.05, 0) is 88.4 Å². The van der Waals surface area contributed by atoms with Gasteiger partial charge in [-0.2, -0.15) is 0 Å². The maximum absolute atomic E-state index is 12.1. The first kappa shape index (κ1) is 21.2. The van der Waals surface area contributed by atoms with E-state index in [2.05, 4.69) is 52.1 Å². The summed E-state index contributed by atoms with van der Waals surface area (Å²) in [5, 5.41) is 2.61. The molecule has 2 aromatic carbocycles.